The van der Waals surface area contributed by atoms with Crippen molar-refractivity contribution in [3.05, 3.63) is 151 Å². The summed E-state index contributed by atoms with van der Waals surface area (Å²) >= 11 is 1.88. The van der Waals surface area contributed by atoms with E-state index in [9.17, 15) is 0 Å². The second-order valence-electron chi connectivity index (χ2n) is 12.5. The van der Waals surface area contributed by atoms with Crippen molar-refractivity contribution in [3.8, 4) is 56.4 Å². The van der Waals surface area contributed by atoms with Crippen LogP contribution in [0.25, 0.3) is 76.6 Å². The lowest BCUT2D eigenvalue weighted by atomic mass is 9.82. The number of benzene rings is 6. The van der Waals surface area contributed by atoms with Crippen LogP contribution in [-0.2, 0) is 5.41 Å². The molecule has 1 aliphatic carbocycles. The van der Waals surface area contributed by atoms with E-state index in [0.717, 1.165) is 22.3 Å². The molecular weight excluding hydrogens is 579 g/mol. The Labute approximate surface area is 271 Å². The first-order valence-electron chi connectivity index (χ1n) is 15.6. The van der Waals surface area contributed by atoms with E-state index in [1.165, 1.54) is 48.0 Å². The number of rotatable bonds is 4. The molecule has 9 rings (SSSR count). The van der Waals surface area contributed by atoms with Gasteiger partial charge >= 0.3 is 0 Å². The van der Waals surface area contributed by atoms with E-state index in [1.807, 2.05) is 72.0 Å². The van der Waals surface area contributed by atoms with E-state index in [0.29, 0.717) is 17.5 Å². The molecule has 0 aliphatic heterocycles. The van der Waals surface area contributed by atoms with Gasteiger partial charge in [-0.3, -0.25) is 0 Å². The minimum atomic E-state index is -0.00231. The largest absolute Gasteiger partial charge is 0.208 e. The number of nitrogens with zero attached hydrogens (tertiary/aromatic N) is 3. The molecule has 3 nitrogen and oxygen atoms in total. The van der Waals surface area contributed by atoms with E-state index in [1.54, 1.807) is 0 Å². The smallest absolute Gasteiger partial charge is 0.164 e. The molecular formula is C42H29N3S. The molecule has 0 N–H and O–H groups in total. The maximum Gasteiger partial charge on any atom is 0.164 e. The van der Waals surface area contributed by atoms with Crippen LogP contribution in [0.3, 0.4) is 0 Å². The molecule has 1 aliphatic rings. The Morgan fingerprint density at radius 3 is 1.70 bits per heavy atom. The Balaban J connectivity index is 1.17. The summed E-state index contributed by atoms with van der Waals surface area (Å²) in [5, 5.41) is 2.62. The van der Waals surface area contributed by atoms with Crippen molar-refractivity contribution >= 4 is 31.5 Å². The summed E-state index contributed by atoms with van der Waals surface area (Å²) in [6.07, 6.45) is 0. The fraction of sp³-hybridized carbons (Fsp3) is 0.0714. The molecule has 0 bridgehead atoms. The first kappa shape index (κ1) is 26.9. The Kier molecular flexibility index (Phi) is 6.02. The van der Waals surface area contributed by atoms with Gasteiger partial charge in [0.15, 0.2) is 17.5 Å². The molecule has 0 spiro atoms. The van der Waals surface area contributed by atoms with Crippen LogP contribution < -0.4 is 0 Å². The van der Waals surface area contributed by atoms with Crippen molar-refractivity contribution in [2.45, 2.75) is 19.3 Å². The first-order chi connectivity index (χ1) is 22.5. The molecule has 218 valence electrons. The molecule has 4 heteroatoms. The van der Waals surface area contributed by atoms with Gasteiger partial charge in [-0.15, -0.1) is 11.3 Å². The summed E-state index contributed by atoms with van der Waals surface area (Å²) in [4.78, 5) is 14.8. The zero-order chi connectivity index (χ0) is 30.8. The van der Waals surface area contributed by atoms with Gasteiger partial charge in [0.25, 0.3) is 0 Å². The molecule has 2 aromatic heterocycles. The van der Waals surface area contributed by atoms with Crippen molar-refractivity contribution in [2.75, 3.05) is 0 Å². The third-order valence-electron chi connectivity index (χ3n) is 9.33. The summed E-state index contributed by atoms with van der Waals surface area (Å²) in [7, 11) is 0. The third-order valence-corrected chi connectivity index (χ3v) is 10.5. The van der Waals surface area contributed by atoms with E-state index >= 15 is 0 Å². The number of thiophene rings is 1. The van der Waals surface area contributed by atoms with Crippen LogP contribution in [0, 0.1) is 0 Å². The molecule has 6 aromatic carbocycles. The topological polar surface area (TPSA) is 38.7 Å². The van der Waals surface area contributed by atoms with E-state index < -0.39 is 0 Å². The average molecular weight is 608 g/mol. The fourth-order valence-electron chi connectivity index (χ4n) is 6.93. The van der Waals surface area contributed by atoms with Crippen molar-refractivity contribution in [1.82, 2.24) is 15.0 Å². The van der Waals surface area contributed by atoms with Crippen LogP contribution in [0.5, 0.6) is 0 Å². The predicted octanol–water partition coefficient (Wildman–Crippen LogP) is 11.2. The SMILES string of the molecule is CC1(C)c2ccccc2-c2cc3c(cc21)sc1ccc(-c2cccc(-c4nc(-c5ccccc5)nc(-c5ccccc5)n4)c2)cc13. The zero-order valence-electron chi connectivity index (χ0n) is 25.5. The van der Waals surface area contributed by atoms with Crippen LogP contribution in [0.2, 0.25) is 0 Å². The summed E-state index contributed by atoms with van der Waals surface area (Å²) in [5.41, 5.74) is 10.7. The number of hydrogen-bond acceptors (Lipinski definition) is 4. The summed E-state index contributed by atoms with van der Waals surface area (Å²) in [6.45, 7) is 4.69. The minimum Gasteiger partial charge on any atom is -0.208 e. The maximum atomic E-state index is 4.96. The van der Waals surface area contributed by atoms with Gasteiger partial charge in [-0.1, -0.05) is 123 Å². The predicted molar refractivity (Wildman–Crippen MR) is 192 cm³/mol. The van der Waals surface area contributed by atoms with Crippen LogP contribution in [0.1, 0.15) is 25.0 Å². The highest BCUT2D eigenvalue weighted by Crippen LogP contribution is 2.51. The Morgan fingerprint density at radius 1 is 0.413 bits per heavy atom. The molecule has 0 amide bonds. The van der Waals surface area contributed by atoms with Gasteiger partial charge in [-0.2, -0.15) is 0 Å². The van der Waals surface area contributed by atoms with E-state index in [-0.39, 0.29) is 5.41 Å². The lowest BCUT2D eigenvalue weighted by molar-refractivity contribution is 0.661. The highest BCUT2D eigenvalue weighted by molar-refractivity contribution is 7.25. The van der Waals surface area contributed by atoms with E-state index in [4.69, 9.17) is 15.0 Å². The lowest BCUT2D eigenvalue weighted by Crippen LogP contribution is -2.14. The number of fused-ring (bicyclic) bond motifs is 6. The molecule has 0 saturated heterocycles. The quantitative estimate of drug-likeness (QED) is 0.200. The van der Waals surface area contributed by atoms with Crippen LogP contribution in [0.15, 0.2) is 140 Å². The van der Waals surface area contributed by atoms with Crippen LogP contribution in [0.4, 0.5) is 0 Å². The maximum absolute atomic E-state index is 4.96. The van der Waals surface area contributed by atoms with E-state index in [2.05, 4.69) is 92.7 Å². The summed E-state index contributed by atoms with van der Waals surface area (Å²) in [6, 6.07) is 49.4. The van der Waals surface area contributed by atoms with Crippen LogP contribution in [-0.4, -0.2) is 15.0 Å². The summed E-state index contributed by atoms with van der Waals surface area (Å²) < 4.78 is 2.65. The molecule has 0 fully saturated rings. The zero-order valence-corrected chi connectivity index (χ0v) is 26.3. The molecule has 2 heterocycles. The molecule has 8 aromatic rings. The van der Waals surface area contributed by atoms with Crippen LogP contribution >= 0.6 is 11.3 Å². The standard InChI is InChI=1S/C42H29N3S/c1-42(2)35-19-10-9-18-31(35)32-24-34-33-23-29(20-21-37(33)46-38(34)25-36(32)42)28-16-11-17-30(22-28)41-44-39(26-12-5-3-6-13-26)43-40(45-41)27-14-7-4-8-15-27/h3-25H,1-2H3. The third kappa shape index (κ3) is 4.29. The number of aromatic nitrogens is 3. The average Bonchev–Trinajstić information content (AvgIpc) is 3.59. The lowest BCUT2D eigenvalue weighted by Gasteiger charge is -2.21. The van der Waals surface area contributed by atoms with Crippen molar-refractivity contribution in [1.29, 1.82) is 0 Å². The normalized spacial score (nSPS) is 13.2. The van der Waals surface area contributed by atoms with Gasteiger partial charge in [-0.05, 0) is 63.7 Å². The minimum absolute atomic E-state index is 0.00231. The number of hydrogen-bond donors (Lipinski definition) is 0. The van der Waals surface area contributed by atoms with Gasteiger partial charge in [0, 0.05) is 42.3 Å². The Bertz CT molecular complexity index is 2380. The van der Waals surface area contributed by atoms with Gasteiger partial charge in [0.2, 0.25) is 0 Å². The van der Waals surface area contributed by atoms with Crippen molar-refractivity contribution < 1.29 is 0 Å². The van der Waals surface area contributed by atoms with Gasteiger partial charge in [-0.25, -0.2) is 15.0 Å². The first-order valence-corrected chi connectivity index (χ1v) is 16.4. The Hall–Kier alpha value is -5.45. The van der Waals surface area contributed by atoms with Crippen molar-refractivity contribution in [2.24, 2.45) is 0 Å². The molecule has 0 saturated carbocycles. The second-order valence-corrected chi connectivity index (χ2v) is 13.6. The molecule has 0 atom stereocenters. The van der Waals surface area contributed by atoms with Crippen molar-refractivity contribution in [3.63, 3.8) is 0 Å². The van der Waals surface area contributed by atoms with Gasteiger partial charge in [0.1, 0.15) is 0 Å². The van der Waals surface area contributed by atoms with Gasteiger partial charge < -0.3 is 0 Å². The molecule has 0 radical (unpaired) electrons. The molecule has 0 unspecified atom stereocenters. The highest BCUT2D eigenvalue weighted by Gasteiger charge is 2.35. The Morgan fingerprint density at radius 2 is 0.978 bits per heavy atom. The fourth-order valence-corrected chi connectivity index (χ4v) is 8.03. The highest BCUT2D eigenvalue weighted by atomic mass is 32.1. The second kappa shape index (κ2) is 10.3. The van der Waals surface area contributed by atoms with Gasteiger partial charge in [0.05, 0.1) is 0 Å². The monoisotopic (exact) mass is 607 g/mol. The molecule has 46 heavy (non-hydrogen) atoms. The summed E-state index contributed by atoms with van der Waals surface area (Å²) in [5.74, 6) is 1.99.